The molecule has 4 heterocycles. The Morgan fingerprint density at radius 1 is 0.980 bits per heavy atom. The van der Waals surface area contributed by atoms with Gasteiger partial charge >= 0.3 is 24.4 Å². The van der Waals surface area contributed by atoms with Crippen molar-refractivity contribution in [3.8, 4) is 28.1 Å². The minimum Gasteiger partial charge on any atom is -0.496 e. The zero-order valence-electron chi connectivity index (χ0n) is 27.3. The number of alkyl halides is 6. The molecular formula is C35H32F6N4O5. The summed E-state index contributed by atoms with van der Waals surface area (Å²) in [6.45, 7) is 4.59. The third kappa shape index (κ3) is 6.31. The summed E-state index contributed by atoms with van der Waals surface area (Å²) in [5.74, 6) is -0.0234. The van der Waals surface area contributed by atoms with Gasteiger partial charge in [-0.15, -0.1) is 0 Å². The van der Waals surface area contributed by atoms with E-state index in [9.17, 15) is 41.0 Å². The molecule has 15 heteroatoms. The van der Waals surface area contributed by atoms with E-state index in [4.69, 9.17) is 14.5 Å². The third-order valence-corrected chi connectivity index (χ3v) is 9.20. The van der Waals surface area contributed by atoms with E-state index in [0.717, 1.165) is 25.1 Å². The monoisotopic (exact) mass is 702 g/mol. The van der Waals surface area contributed by atoms with Gasteiger partial charge in [0.05, 0.1) is 42.2 Å². The van der Waals surface area contributed by atoms with Crippen molar-refractivity contribution in [1.29, 1.82) is 0 Å². The maximum Gasteiger partial charge on any atom is 0.416 e. The van der Waals surface area contributed by atoms with Gasteiger partial charge < -0.3 is 24.0 Å². The molecule has 2 aliphatic heterocycles. The molecule has 50 heavy (non-hydrogen) atoms. The fraction of sp³-hybridized carbons (Fsp3) is 0.343. The molecule has 6 rings (SSSR count). The number of hydrogen-bond acceptors (Lipinski definition) is 6. The summed E-state index contributed by atoms with van der Waals surface area (Å²) in [6, 6.07) is 10.7. The van der Waals surface area contributed by atoms with E-state index in [1.54, 1.807) is 36.7 Å². The summed E-state index contributed by atoms with van der Waals surface area (Å²) < 4.78 is 94.6. The van der Waals surface area contributed by atoms with Crippen molar-refractivity contribution in [3.05, 3.63) is 88.2 Å². The minimum atomic E-state index is -5.07. The van der Waals surface area contributed by atoms with Crippen LogP contribution in [0.1, 0.15) is 57.9 Å². The summed E-state index contributed by atoms with van der Waals surface area (Å²) >= 11 is 0. The smallest absolute Gasteiger partial charge is 0.416 e. The fourth-order valence-corrected chi connectivity index (χ4v) is 6.49. The van der Waals surface area contributed by atoms with E-state index >= 15 is 0 Å². The van der Waals surface area contributed by atoms with Gasteiger partial charge in [0.15, 0.2) is 0 Å². The molecule has 2 aromatic heterocycles. The molecule has 0 unspecified atom stereocenters. The first-order chi connectivity index (χ1) is 23.5. The molecule has 264 valence electrons. The first-order valence-electron chi connectivity index (χ1n) is 15.6. The number of carboxylic acids is 1. The number of rotatable bonds is 8. The van der Waals surface area contributed by atoms with E-state index in [0.29, 0.717) is 51.8 Å². The van der Waals surface area contributed by atoms with Crippen molar-refractivity contribution in [1.82, 2.24) is 14.5 Å². The number of carbonyl (C=O) groups excluding carboxylic acids is 1. The number of methoxy groups -OCH3 is 1. The Morgan fingerprint density at radius 3 is 2.18 bits per heavy atom. The standard InChI is InChI=1S/C35H32F6N4O5/c1-18-12-27(32(46)47)43(3)30(18)20-6-8-28(49-4)25(15-20)24-7-9-29(44-10-5-11-44)42-26(24)17-45-19(2)31(50-33(45)48)21-13-22(34(36,37)38)16-23(14-21)35(39,40)41/h6-9,12-16,19,31H,5,10-11,17H2,1-4H3,(H,46,47)/t19-,31-/m0/s1. The summed E-state index contributed by atoms with van der Waals surface area (Å²) in [6.07, 6.45) is -11.6. The molecule has 0 saturated carbocycles. The molecule has 9 nitrogen and oxygen atoms in total. The number of aryl methyl sites for hydroxylation is 1. The van der Waals surface area contributed by atoms with Gasteiger partial charge in [-0.25, -0.2) is 14.6 Å². The van der Waals surface area contributed by atoms with Gasteiger partial charge in [0, 0.05) is 31.3 Å². The Kier molecular flexibility index (Phi) is 8.73. The molecule has 1 N–H and O–H groups in total. The maximum absolute atomic E-state index is 13.6. The zero-order chi connectivity index (χ0) is 36.3. The zero-order valence-corrected chi connectivity index (χ0v) is 27.3. The van der Waals surface area contributed by atoms with Gasteiger partial charge in [0.1, 0.15) is 23.4 Å². The Bertz CT molecular complexity index is 1950. The highest BCUT2D eigenvalue weighted by Gasteiger charge is 2.43. The second-order valence-corrected chi connectivity index (χ2v) is 12.4. The number of anilines is 1. The number of carboxylic acid groups (broad SMARTS) is 1. The number of hydrogen-bond donors (Lipinski definition) is 1. The summed E-state index contributed by atoms with van der Waals surface area (Å²) in [5.41, 5.74) is 0.157. The van der Waals surface area contributed by atoms with Crippen LogP contribution in [0.3, 0.4) is 0 Å². The second-order valence-electron chi connectivity index (χ2n) is 12.4. The predicted molar refractivity (Wildman–Crippen MR) is 170 cm³/mol. The number of aromatic nitrogens is 2. The van der Waals surface area contributed by atoms with Crippen LogP contribution in [0.2, 0.25) is 0 Å². The van der Waals surface area contributed by atoms with E-state index in [2.05, 4.69) is 0 Å². The van der Waals surface area contributed by atoms with Crippen LogP contribution < -0.4 is 9.64 Å². The lowest BCUT2D eigenvalue weighted by Gasteiger charge is -2.33. The largest absolute Gasteiger partial charge is 0.496 e. The van der Waals surface area contributed by atoms with Gasteiger partial charge in [-0.05, 0) is 91.6 Å². The van der Waals surface area contributed by atoms with Crippen molar-refractivity contribution < 1.29 is 50.5 Å². The molecular weight excluding hydrogens is 670 g/mol. The van der Waals surface area contributed by atoms with Crippen molar-refractivity contribution in [2.24, 2.45) is 7.05 Å². The lowest BCUT2D eigenvalue weighted by atomic mass is 9.96. The van der Waals surface area contributed by atoms with E-state index < -0.39 is 53.3 Å². The number of nitrogens with zero attached hydrogens (tertiary/aromatic N) is 4. The molecule has 1 amide bonds. The highest BCUT2D eigenvalue weighted by atomic mass is 19.4. The van der Waals surface area contributed by atoms with Gasteiger partial charge in [0.25, 0.3) is 0 Å². The first-order valence-corrected chi connectivity index (χ1v) is 15.6. The van der Waals surface area contributed by atoms with Crippen molar-refractivity contribution in [2.75, 3.05) is 25.1 Å². The maximum atomic E-state index is 13.6. The quantitative estimate of drug-likeness (QED) is 0.186. The number of ether oxygens (including phenoxy) is 2. The van der Waals surface area contributed by atoms with E-state index in [1.807, 2.05) is 23.1 Å². The van der Waals surface area contributed by atoms with E-state index in [1.165, 1.54) is 18.9 Å². The minimum absolute atomic E-state index is 0.0289. The number of pyridine rings is 1. The van der Waals surface area contributed by atoms with Crippen LogP contribution in [0.15, 0.2) is 54.6 Å². The Labute approximate surface area is 282 Å². The normalized spacial score (nSPS) is 17.9. The van der Waals surface area contributed by atoms with Crippen LogP contribution in [-0.2, 0) is 30.7 Å². The molecule has 0 spiro atoms. The Morgan fingerprint density at radius 2 is 1.64 bits per heavy atom. The Balaban J connectivity index is 1.42. The van der Waals surface area contributed by atoms with Crippen molar-refractivity contribution in [2.45, 2.75) is 51.3 Å². The van der Waals surface area contributed by atoms with Gasteiger partial charge in [-0.1, -0.05) is 0 Å². The first kappa shape index (κ1) is 34.6. The van der Waals surface area contributed by atoms with Gasteiger partial charge in [-0.2, -0.15) is 26.3 Å². The number of benzene rings is 2. The summed E-state index contributed by atoms with van der Waals surface area (Å²) in [5, 5.41) is 9.67. The van der Waals surface area contributed by atoms with Crippen LogP contribution in [0.25, 0.3) is 22.4 Å². The molecule has 4 aromatic rings. The lowest BCUT2D eigenvalue weighted by Crippen LogP contribution is -2.38. The van der Waals surface area contributed by atoms with Crippen LogP contribution >= 0.6 is 0 Å². The van der Waals surface area contributed by atoms with Gasteiger partial charge in [0.2, 0.25) is 0 Å². The van der Waals surface area contributed by atoms with Crippen LogP contribution in [0.4, 0.5) is 37.0 Å². The molecule has 2 aliphatic rings. The number of halogens is 6. The fourth-order valence-electron chi connectivity index (χ4n) is 6.49. The molecule has 2 aromatic carbocycles. The SMILES string of the molecule is COc1ccc(-c2c(C)cc(C(=O)O)n2C)cc1-c1ccc(N2CCC2)nc1CN1C(=O)O[C@H](c2cc(C(F)(F)F)cc(C(F)(F)F)c2)[C@@H]1C. The molecule has 2 saturated heterocycles. The van der Waals surface area contributed by atoms with E-state index in [-0.39, 0.29) is 18.3 Å². The highest BCUT2D eigenvalue weighted by Crippen LogP contribution is 2.43. The third-order valence-electron chi connectivity index (χ3n) is 9.20. The predicted octanol–water partition coefficient (Wildman–Crippen LogP) is 8.10. The molecule has 0 radical (unpaired) electrons. The summed E-state index contributed by atoms with van der Waals surface area (Å²) in [4.78, 5) is 33.3. The highest BCUT2D eigenvalue weighted by molar-refractivity contribution is 5.89. The van der Waals surface area contributed by atoms with Crippen LogP contribution in [0, 0.1) is 6.92 Å². The topological polar surface area (TPSA) is 97.1 Å². The van der Waals surface area contributed by atoms with Crippen molar-refractivity contribution in [3.63, 3.8) is 0 Å². The molecule has 0 bridgehead atoms. The number of amides is 1. The van der Waals surface area contributed by atoms with Gasteiger partial charge in [-0.3, -0.25) is 4.90 Å². The number of aromatic carboxylic acids is 1. The molecule has 2 atom stereocenters. The van der Waals surface area contributed by atoms with Crippen LogP contribution in [-0.4, -0.2) is 57.9 Å². The molecule has 0 aliphatic carbocycles. The van der Waals surface area contributed by atoms with Crippen LogP contribution in [0.5, 0.6) is 5.75 Å². The average molecular weight is 703 g/mol. The van der Waals surface area contributed by atoms with Crippen molar-refractivity contribution >= 4 is 17.9 Å². The molecule has 2 fully saturated rings. The lowest BCUT2D eigenvalue weighted by molar-refractivity contribution is -0.143. The average Bonchev–Trinajstić information content (AvgIpc) is 3.48. The summed E-state index contributed by atoms with van der Waals surface area (Å²) in [7, 11) is 3.12. The Hall–Kier alpha value is -5.21. The second kappa shape index (κ2) is 12.6. The number of cyclic esters (lactones) is 1. The number of carbonyl (C=O) groups is 2.